The number of fused-ring (bicyclic) bond motifs is 1. The molecule has 2 aliphatic heterocycles. The summed E-state index contributed by atoms with van der Waals surface area (Å²) < 4.78 is 16.6. The predicted octanol–water partition coefficient (Wildman–Crippen LogP) is 2.34. The molecule has 0 aromatic heterocycles. The number of rotatable bonds is 7. The average molecular weight is 465 g/mol. The van der Waals surface area contributed by atoms with Crippen molar-refractivity contribution in [3.63, 3.8) is 0 Å². The number of carbonyl (C=O) groups is 2. The Kier molecular flexibility index (Phi) is 6.91. The smallest absolute Gasteiger partial charge is 0.385 e. The fraction of sp³-hybridized carbons (Fsp3) is 0.583. The summed E-state index contributed by atoms with van der Waals surface area (Å²) in [6.45, 7) is 6.65. The van der Waals surface area contributed by atoms with Crippen molar-refractivity contribution in [1.29, 1.82) is 0 Å². The zero-order chi connectivity index (χ0) is 24.6. The third kappa shape index (κ3) is 5.38. The van der Waals surface area contributed by atoms with Crippen molar-refractivity contribution in [2.75, 3.05) is 0 Å². The Labute approximate surface area is 192 Å². The van der Waals surface area contributed by atoms with E-state index < -0.39 is 41.1 Å². The molecule has 4 N–H and O–H groups in total. The lowest BCUT2D eigenvalue weighted by Gasteiger charge is -2.30. The number of ether oxygens (including phenoxy) is 3. The van der Waals surface area contributed by atoms with E-state index in [1.54, 1.807) is 20.8 Å². The minimum atomic E-state index is -2.09. The molecule has 9 nitrogen and oxygen atoms in total. The monoisotopic (exact) mass is 464 g/mol. The first kappa shape index (κ1) is 25.2. The predicted molar refractivity (Wildman–Crippen MR) is 117 cm³/mol. The number of allylic oxidation sites excluding steroid dienone is 2. The Morgan fingerprint density at radius 1 is 1.33 bits per heavy atom. The summed E-state index contributed by atoms with van der Waals surface area (Å²) in [6.07, 6.45) is 1.55. The SMILES string of the molecule is CC(=CCCC1(C)OC2(CC1O)OC(=O)c1ccc(O)cc1OC2=O)CCC(O)C(C)(C)O. The molecule has 3 rings (SSSR count). The van der Waals surface area contributed by atoms with Crippen LogP contribution >= 0.6 is 0 Å². The van der Waals surface area contributed by atoms with Gasteiger partial charge in [-0.05, 0) is 65.5 Å². The van der Waals surface area contributed by atoms with Gasteiger partial charge in [0.05, 0.1) is 29.8 Å². The maximum atomic E-state index is 12.8. The molecule has 1 saturated heterocycles. The summed E-state index contributed by atoms with van der Waals surface area (Å²) in [5.74, 6) is -4.24. The molecule has 1 aromatic rings. The quantitative estimate of drug-likeness (QED) is 0.272. The summed E-state index contributed by atoms with van der Waals surface area (Å²) in [4.78, 5) is 25.4. The van der Waals surface area contributed by atoms with Gasteiger partial charge in [-0.2, -0.15) is 0 Å². The Balaban J connectivity index is 1.67. The van der Waals surface area contributed by atoms with Crippen molar-refractivity contribution >= 4 is 11.9 Å². The summed E-state index contributed by atoms with van der Waals surface area (Å²) in [5, 5.41) is 40.1. The Morgan fingerprint density at radius 2 is 2.03 bits per heavy atom. The molecule has 2 aliphatic rings. The lowest BCUT2D eigenvalue weighted by molar-refractivity contribution is -0.230. The fourth-order valence-corrected chi connectivity index (χ4v) is 3.97. The van der Waals surface area contributed by atoms with Gasteiger partial charge in [-0.25, -0.2) is 9.59 Å². The molecule has 1 fully saturated rings. The zero-order valence-electron chi connectivity index (χ0n) is 19.3. The van der Waals surface area contributed by atoms with E-state index in [1.165, 1.54) is 12.1 Å². The van der Waals surface area contributed by atoms with Crippen LogP contribution in [0.3, 0.4) is 0 Å². The summed E-state index contributed by atoms with van der Waals surface area (Å²) in [7, 11) is 0. The molecule has 0 radical (unpaired) electrons. The van der Waals surface area contributed by atoms with Crippen LogP contribution in [0.15, 0.2) is 29.8 Å². The largest absolute Gasteiger partial charge is 0.508 e. The maximum absolute atomic E-state index is 12.8. The van der Waals surface area contributed by atoms with E-state index in [9.17, 15) is 30.0 Å². The maximum Gasteiger partial charge on any atom is 0.385 e. The number of aliphatic hydroxyl groups excluding tert-OH is 2. The van der Waals surface area contributed by atoms with Gasteiger partial charge in [-0.3, -0.25) is 0 Å². The van der Waals surface area contributed by atoms with E-state index >= 15 is 0 Å². The first-order valence-corrected chi connectivity index (χ1v) is 11.0. The second-order valence-electron chi connectivity index (χ2n) is 9.64. The van der Waals surface area contributed by atoms with Gasteiger partial charge in [0.25, 0.3) is 0 Å². The van der Waals surface area contributed by atoms with Gasteiger partial charge < -0.3 is 34.6 Å². The number of hydrogen-bond donors (Lipinski definition) is 4. The number of esters is 2. The van der Waals surface area contributed by atoms with Gasteiger partial charge >= 0.3 is 17.7 Å². The van der Waals surface area contributed by atoms with Crippen LogP contribution in [0.25, 0.3) is 0 Å². The molecule has 182 valence electrons. The van der Waals surface area contributed by atoms with E-state index in [1.807, 2.05) is 13.0 Å². The number of benzene rings is 1. The topological polar surface area (TPSA) is 143 Å². The van der Waals surface area contributed by atoms with Gasteiger partial charge in [0.2, 0.25) is 0 Å². The van der Waals surface area contributed by atoms with E-state index in [0.717, 1.165) is 11.6 Å². The van der Waals surface area contributed by atoms with Crippen LogP contribution in [-0.2, 0) is 14.3 Å². The number of phenols is 1. The number of phenolic OH excluding ortho intramolecular Hbond substituents is 1. The molecular weight excluding hydrogens is 432 g/mol. The summed E-state index contributed by atoms with van der Waals surface area (Å²) in [6, 6.07) is 3.70. The van der Waals surface area contributed by atoms with Crippen LogP contribution < -0.4 is 4.74 Å². The van der Waals surface area contributed by atoms with Crippen molar-refractivity contribution in [2.45, 2.75) is 89.0 Å². The molecule has 4 unspecified atom stereocenters. The van der Waals surface area contributed by atoms with Crippen LogP contribution in [0.5, 0.6) is 11.5 Å². The van der Waals surface area contributed by atoms with Crippen LogP contribution in [0.2, 0.25) is 0 Å². The Morgan fingerprint density at radius 3 is 2.70 bits per heavy atom. The second-order valence-corrected chi connectivity index (χ2v) is 9.64. The molecule has 0 saturated carbocycles. The first-order chi connectivity index (χ1) is 15.3. The summed E-state index contributed by atoms with van der Waals surface area (Å²) >= 11 is 0. The van der Waals surface area contributed by atoms with Crippen LogP contribution in [0, 0.1) is 0 Å². The van der Waals surface area contributed by atoms with Gasteiger partial charge in [-0.15, -0.1) is 0 Å². The van der Waals surface area contributed by atoms with Gasteiger partial charge in [0, 0.05) is 6.07 Å². The average Bonchev–Trinajstić information content (AvgIpc) is 2.90. The van der Waals surface area contributed by atoms with E-state index in [2.05, 4.69) is 0 Å². The minimum Gasteiger partial charge on any atom is -0.508 e. The Bertz CT molecular complexity index is 948. The molecule has 0 amide bonds. The number of aromatic hydroxyl groups is 1. The van der Waals surface area contributed by atoms with Crippen molar-refractivity contribution in [3.8, 4) is 11.5 Å². The molecule has 1 aromatic carbocycles. The van der Waals surface area contributed by atoms with Gasteiger partial charge in [-0.1, -0.05) is 11.6 Å². The highest BCUT2D eigenvalue weighted by molar-refractivity contribution is 5.98. The molecule has 0 aliphatic carbocycles. The molecule has 33 heavy (non-hydrogen) atoms. The highest BCUT2D eigenvalue weighted by atomic mass is 16.8. The van der Waals surface area contributed by atoms with E-state index in [0.29, 0.717) is 25.7 Å². The van der Waals surface area contributed by atoms with Crippen molar-refractivity contribution in [3.05, 3.63) is 35.4 Å². The van der Waals surface area contributed by atoms with Crippen LogP contribution in [0.4, 0.5) is 0 Å². The molecule has 2 heterocycles. The second kappa shape index (κ2) is 9.06. The molecule has 0 bridgehead atoms. The normalized spacial score (nSPS) is 28.8. The third-order valence-corrected chi connectivity index (χ3v) is 6.28. The van der Waals surface area contributed by atoms with Crippen molar-refractivity contribution < 1.29 is 44.2 Å². The fourth-order valence-electron chi connectivity index (χ4n) is 3.97. The molecule has 4 atom stereocenters. The standard InChI is InChI=1S/C24H32O9/c1-14(7-10-18(26)22(2,3)30)6-5-11-23(4)19(27)13-24(33-23)21(29)31-17-12-15(25)8-9-16(17)20(28)32-24/h6,8-9,12,18-19,25-27,30H,5,7,10-11,13H2,1-4H3. The van der Waals surface area contributed by atoms with Crippen molar-refractivity contribution in [1.82, 2.24) is 0 Å². The minimum absolute atomic E-state index is 0.0310. The number of hydrogen-bond acceptors (Lipinski definition) is 9. The lowest BCUT2D eigenvalue weighted by Crippen LogP contribution is -2.46. The third-order valence-electron chi connectivity index (χ3n) is 6.28. The lowest BCUT2D eigenvalue weighted by atomic mass is 9.91. The zero-order valence-corrected chi connectivity index (χ0v) is 19.3. The van der Waals surface area contributed by atoms with Gasteiger partial charge in [0.15, 0.2) is 0 Å². The van der Waals surface area contributed by atoms with E-state index in [-0.39, 0.29) is 23.5 Å². The van der Waals surface area contributed by atoms with E-state index in [4.69, 9.17) is 14.2 Å². The van der Waals surface area contributed by atoms with Gasteiger partial charge in [0.1, 0.15) is 17.1 Å². The highest BCUT2D eigenvalue weighted by Gasteiger charge is 2.62. The number of aliphatic hydroxyl groups is 3. The number of carbonyl (C=O) groups excluding carboxylic acids is 2. The molecule has 9 heteroatoms. The van der Waals surface area contributed by atoms with Crippen molar-refractivity contribution in [2.24, 2.45) is 0 Å². The molecule has 1 spiro atoms. The Hall–Kier alpha value is -2.46. The van der Waals surface area contributed by atoms with Crippen LogP contribution in [-0.4, -0.2) is 61.6 Å². The first-order valence-electron chi connectivity index (χ1n) is 11.0. The molecular formula is C24H32O9. The summed E-state index contributed by atoms with van der Waals surface area (Å²) in [5.41, 5.74) is -1.38. The highest BCUT2D eigenvalue weighted by Crippen LogP contribution is 2.45. The van der Waals surface area contributed by atoms with Crippen LogP contribution in [0.1, 0.15) is 70.2 Å².